The van der Waals surface area contributed by atoms with Crippen molar-refractivity contribution in [2.24, 2.45) is 5.92 Å². The predicted molar refractivity (Wildman–Crippen MR) is 110 cm³/mol. The maximum atomic E-state index is 13.1. The van der Waals surface area contributed by atoms with Gasteiger partial charge in [-0.15, -0.1) is 0 Å². The molecule has 1 atom stereocenters. The largest absolute Gasteiger partial charge is 0.455 e. The van der Waals surface area contributed by atoms with Crippen molar-refractivity contribution in [2.75, 3.05) is 13.1 Å². The van der Waals surface area contributed by atoms with Crippen LogP contribution >= 0.6 is 0 Å². The first-order valence-electron chi connectivity index (χ1n) is 9.86. The molecule has 0 amide bonds. The molecule has 3 aromatic rings. The van der Waals surface area contributed by atoms with Crippen molar-refractivity contribution in [3.8, 4) is 11.3 Å². The summed E-state index contributed by atoms with van der Waals surface area (Å²) < 4.78 is 50.9. The number of carbonyl (C=O) groups excluding carboxylic acids is 1. The van der Waals surface area contributed by atoms with Crippen molar-refractivity contribution < 1.29 is 26.8 Å². The highest BCUT2D eigenvalue weighted by Crippen LogP contribution is 2.25. The lowest BCUT2D eigenvalue weighted by Gasteiger charge is -2.30. The first-order chi connectivity index (χ1) is 14.9. The average Bonchev–Trinajstić information content (AvgIpc) is 3.27. The summed E-state index contributed by atoms with van der Waals surface area (Å²) in [6.45, 7) is 0.177. The smallest absolute Gasteiger partial charge is 0.310 e. The predicted octanol–water partition coefficient (Wildman–Crippen LogP) is 3.62. The molecule has 1 aliphatic rings. The number of hydrogen-bond donors (Lipinski definition) is 0. The van der Waals surface area contributed by atoms with Crippen LogP contribution in [0.5, 0.6) is 0 Å². The molecule has 0 radical (unpaired) electrons. The van der Waals surface area contributed by atoms with Gasteiger partial charge in [-0.1, -0.05) is 30.3 Å². The Balaban J connectivity index is 1.37. The van der Waals surface area contributed by atoms with Crippen LogP contribution in [0.2, 0.25) is 0 Å². The third-order valence-corrected chi connectivity index (χ3v) is 7.00. The summed E-state index contributed by atoms with van der Waals surface area (Å²) in [5.74, 6) is -0.772. The quantitative estimate of drug-likeness (QED) is 0.540. The van der Waals surface area contributed by atoms with Gasteiger partial charge in [0.15, 0.2) is 12.4 Å². The Morgan fingerprint density at radius 2 is 1.90 bits per heavy atom. The summed E-state index contributed by atoms with van der Waals surface area (Å²) in [7, 11) is -3.81. The molecule has 1 saturated heterocycles. The summed E-state index contributed by atoms with van der Waals surface area (Å²) in [4.78, 5) is 16.7. The number of benzene rings is 2. The van der Waals surface area contributed by atoms with Crippen LogP contribution in [0.3, 0.4) is 0 Å². The first-order valence-corrected chi connectivity index (χ1v) is 11.3. The molecule has 0 N–H and O–H groups in total. The van der Waals surface area contributed by atoms with Crippen LogP contribution in [0, 0.1) is 11.7 Å². The fourth-order valence-corrected chi connectivity index (χ4v) is 5.00. The van der Waals surface area contributed by atoms with Crippen molar-refractivity contribution in [3.63, 3.8) is 0 Å². The van der Waals surface area contributed by atoms with E-state index in [0.717, 1.165) is 17.7 Å². The molecule has 2 aromatic carbocycles. The number of oxazole rings is 1. The molecule has 0 bridgehead atoms. The van der Waals surface area contributed by atoms with Crippen LogP contribution in [0.1, 0.15) is 18.7 Å². The molecule has 1 fully saturated rings. The molecule has 0 spiro atoms. The van der Waals surface area contributed by atoms with Gasteiger partial charge in [-0.25, -0.2) is 17.8 Å². The maximum absolute atomic E-state index is 13.1. The van der Waals surface area contributed by atoms with E-state index in [1.54, 1.807) is 6.20 Å². The molecule has 1 unspecified atom stereocenters. The second-order valence-electron chi connectivity index (χ2n) is 7.25. The third-order valence-electron chi connectivity index (χ3n) is 5.12. The molecule has 0 saturated carbocycles. The van der Waals surface area contributed by atoms with Gasteiger partial charge in [0.25, 0.3) is 0 Å². The molecule has 162 valence electrons. The Bertz CT molecular complexity index is 1150. The molecule has 31 heavy (non-hydrogen) atoms. The summed E-state index contributed by atoms with van der Waals surface area (Å²) >= 11 is 0. The highest BCUT2D eigenvalue weighted by Gasteiger charge is 2.34. The summed E-state index contributed by atoms with van der Waals surface area (Å²) in [5, 5.41) is 0. The van der Waals surface area contributed by atoms with E-state index in [1.165, 1.54) is 16.4 Å². The van der Waals surface area contributed by atoms with E-state index in [4.69, 9.17) is 9.15 Å². The Morgan fingerprint density at radius 1 is 1.16 bits per heavy atom. The van der Waals surface area contributed by atoms with E-state index in [1.807, 2.05) is 30.3 Å². The molecule has 2 heterocycles. The molecular formula is C22H21FN2O5S. The highest BCUT2D eigenvalue weighted by atomic mass is 32.2. The Hall–Kier alpha value is -3.04. The van der Waals surface area contributed by atoms with Gasteiger partial charge in [0.2, 0.25) is 15.9 Å². The summed E-state index contributed by atoms with van der Waals surface area (Å²) in [5.41, 5.74) is 0.862. The van der Waals surface area contributed by atoms with E-state index < -0.39 is 27.7 Å². The zero-order chi connectivity index (χ0) is 21.8. The number of nitrogens with zero attached hydrogens (tertiary/aromatic N) is 2. The summed E-state index contributed by atoms with van der Waals surface area (Å²) in [6.07, 6.45) is 2.61. The monoisotopic (exact) mass is 444 g/mol. The van der Waals surface area contributed by atoms with E-state index >= 15 is 0 Å². The molecular weight excluding hydrogens is 423 g/mol. The number of esters is 1. The number of sulfonamides is 1. The minimum absolute atomic E-state index is 0.00357. The fourth-order valence-electron chi connectivity index (χ4n) is 3.47. The zero-order valence-electron chi connectivity index (χ0n) is 16.6. The van der Waals surface area contributed by atoms with Crippen molar-refractivity contribution in [3.05, 3.63) is 72.5 Å². The average molecular weight is 444 g/mol. The number of halogens is 1. The van der Waals surface area contributed by atoms with Gasteiger partial charge in [-0.3, -0.25) is 4.79 Å². The lowest BCUT2D eigenvalue weighted by Crippen LogP contribution is -2.42. The maximum Gasteiger partial charge on any atom is 0.310 e. The van der Waals surface area contributed by atoms with Crippen LogP contribution in [0.25, 0.3) is 11.3 Å². The van der Waals surface area contributed by atoms with E-state index in [-0.39, 0.29) is 23.9 Å². The van der Waals surface area contributed by atoms with Crippen molar-refractivity contribution >= 4 is 16.0 Å². The lowest BCUT2D eigenvalue weighted by atomic mass is 10.0. The van der Waals surface area contributed by atoms with Gasteiger partial charge >= 0.3 is 5.97 Å². The zero-order valence-corrected chi connectivity index (χ0v) is 17.4. The normalized spacial score (nSPS) is 17.4. The molecule has 1 aromatic heterocycles. The Kier molecular flexibility index (Phi) is 6.15. The van der Waals surface area contributed by atoms with Gasteiger partial charge in [-0.2, -0.15) is 4.31 Å². The third kappa shape index (κ3) is 4.83. The van der Waals surface area contributed by atoms with Gasteiger partial charge in [0, 0.05) is 18.7 Å². The van der Waals surface area contributed by atoms with Crippen molar-refractivity contribution in [1.82, 2.24) is 9.29 Å². The number of ether oxygens (including phenoxy) is 1. The SMILES string of the molecule is O=C(OCc1ncc(-c2ccccc2)o1)C1CCCN(S(=O)(=O)c2ccc(F)cc2)C1. The minimum Gasteiger partial charge on any atom is -0.455 e. The number of rotatable bonds is 6. The van der Waals surface area contributed by atoms with Crippen LogP contribution < -0.4 is 0 Å². The van der Waals surface area contributed by atoms with E-state index in [2.05, 4.69) is 4.98 Å². The first kappa shape index (κ1) is 21.2. The number of aromatic nitrogens is 1. The van der Waals surface area contributed by atoms with Gasteiger partial charge < -0.3 is 9.15 Å². The minimum atomic E-state index is -3.81. The summed E-state index contributed by atoms with van der Waals surface area (Å²) in [6, 6.07) is 14.1. The van der Waals surface area contributed by atoms with Crippen LogP contribution in [-0.2, 0) is 26.2 Å². The van der Waals surface area contributed by atoms with Crippen molar-refractivity contribution in [1.29, 1.82) is 0 Å². The van der Waals surface area contributed by atoms with Crippen LogP contribution in [0.15, 0.2) is 70.1 Å². The lowest BCUT2D eigenvalue weighted by molar-refractivity contribution is -0.151. The topological polar surface area (TPSA) is 89.7 Å². The van der Waals surface area contributed by atoms with Crippen LogP contribution in [-0.4, -0.2) is 36.8 Å². The van der Waals surface area contributed by atoms with E-state index in [0.29, 0.717) is 25.1 Å². The van der Waals surface area contributed by atoms with Crippen molar-refractivity contribution in [2.45, 2.75) is 24.3 Å². The highest BCUT2D eigenvalue weighted by molar-refractivity contribution is 7.89. The molecule has 9 heteroatoms. The van der Waals surface area contributed by atoms with Crippen LogP contribution in [0.4, 0.5) is 4.39 Å². The number of carbonyl (C=O) groups is 1. The molecule has 7 nitrogen and oxygen atoms in total. The molecule has 1 aliphatic heterocycles. The standard InChI is InChI=1S/C22H21FN2O5S/c23-18-8-10-19(11-9-18)31(27,28)25-12-4-7-17(14-25)22(26)29-15-21-24-13-20(30-21)16-5-2-1-3-6-16/h1-3,5-6,8-11,13,17H,4,7,12,14-15H2. The Morgan fingerprint density at radius 3 is 2.65 bits per heavy atom. The number of piperidine rings is 1. The second-order valence-corrected chi connectivity index (χ2v) is 9.19. The Labute approximate surface area is 179 Å². The second kappa shape index (κ2) is 8.99. The van der Waals surface area contributed by atoms with E-state index in [9.17, 15) is 17.6 Å². The van der Waals surface area contributed by atoms with Gasteiger partial charge in [0.05, 0.1) is 17.0 Å². The van der Waals surface area contributed by atoms with Gasteiger partial charge in [0.1, 0.15) is 5.82 Å². The molecule has 0 aliphatic carbocycles. The van der Waals surface area contributed by atoms with Gasteiger partial charge in [-0.05, 0) is 37.1 Å². The fraction of sp³-hybridized carbons (Fsp3) is 0.273. The molecule has 4 rings (SSSR count). The number of hydrogen-bond acceptors (Lipinski definition) is 6.